The molecule has 0 heterocycles. The number of hydrogen-bond donors (Lipinski definition) is 2. The summed E-state index contributed by atoms with van der Waals surface area (Å²) in [6, 6.07) is 8.91. The zero-order valence-corrected chi connectivity index (χ0v) is 13.4. The van der Waals surface area contributed by atoms with Crippen molar-refractivity contribution in [2.75, 3.05) is 25.5 Å². The maximum Gasteiger partial charge on any atom is 0.191 e. The van der Waals surface area contributed by atoms with Crippen LogP contribution in [-0.2, 0) is 6.54 Å². The van der Waals surface area contributed by atoms with Gasteiger partial charge in [-0.2, -0.15) is 0 Å². The Morgan fingerprint density at radius 1 is 1.30 bits per heavy atom. The van der Waals surface area contributed by atoms with Gasteiger partial charge in [-0.15, -0.1) is 0 Å². The standard InChI is InChI=1S/C16H28N4/c1-6-13(3)19-16(17-7-2)18-12-14-9-8-10-15(11-14)20(4)5/h8-11,13H,6-7,12H2,1-5H3,(H2,17,18,19). The molecule has 20 heavy (non-hydrogen) atoms. The molecule has 0 radical (unpaired) electrons. The highest BCUT2D eigenvalue weighted by atomic mass is 15.2. The van der Waals surface area contributed by atoms with Gasteiger partial charge in [0.25, 0.3) is 0 Å². The summed E-state index contributed by atoms with van der Waals surface area (Å²) in [7, 11) is 4.11. The number of nitrogens with zero attached hydrogens (tertiary/aromatic N) is 2. The van der Waals surface area contributed by atoms with Crippen molar-refractivity contribution < 1.29 is 0 Å². The molecule has 0 aliphatic rings. The van der Waals surface area contributed by atoms with Gasteiger partial charge in [-0.1, -0.05) is 19.1 Å². The molecule has 4 heteroatoms. The Hall–Kier alpha value is -1.71. The molecule has 1 aromatic rings. The lowest BCUT2D eigenvalue weighted by Crippen LogP contribution is -2.41. The van der Waals surface area contributed by atoms with E-state index >= 15 is 0 Å². The average molecular weight is 276 g/mol. The number of aliphatic imine (C=N–C) groups is 1. The van der Waals surface area contributed by atoms with Gasteiger partial charge in [0.15, 0.2) is 5.96 Å². The first-order chi connectivity index (χ1) is 9.56. The molecule has 1 rings (SSSR count). The molecule has 112 valence electrons. The highest BCUT2D eigenvalue weighted by molar-refractivity contribution is 5.80. The minimum atomic E-state index is 0.431. The average Bonchev–Trinajstić information content (AvgIpc) is 2.45. The van der Waals surface area contributed by atoms with Gasteiger partial charge < -0.3 is 15.5 Å². The van der Waals surface area contributed by atoms with Crippen LogP contribution < -0.4 is 15.5 Å². The topological polar surface area (TPSA) is 39.7 Å². The smallest absolute Gasteiger partial charge is 0.191 e. The second-order valence-corrected chi connectivity index (χ2v) is 5.21. The first-order valence-corrected chi connectivity index (χ1v) is 7.37. The Bertz CT molecular complexity index is 426. The summed E-state index contributed by atoms with van der Waals surface area (Å²) in [5.74, 6) is 0.886. The molecule has 1 atom stereocenters. The fourth-order valence-corrected chi connectivity index (χ4v) is 1.76. The second kappa shape index (κ2) is 8.46. The summed E-state index contributed by atoms with van der Waals surface area (Å²) < 4.78 is 0. The molecular formula is C16H28N4. The van der Waals surface area contributed by atoms with E-state index in [1.165, 1.54) is 11.3 Å². The van der Waals surface area contributed by atoms with Crippen LogP contribution in [0, 0.1) is 0 Å². The summed E-state index contributed by atoms with van der Waals surface area (Å²) in [6.45, 7) is 7.98. The highest BCUT2D eigenvalue weighted by Gasteiger charge is 2.03. The Morgan fingerprint density at radius 2 is 2.05 bits per heavy atom. The number of anilines is 1. The maximum atomic E-state index is 4.65. The van der Waals surface area contributed by atoms with Gasteiger partial charge in [-0.3, -0.25) is 0 Å². The van der Waals surface area contributed by atoms with E-state index in [2.05, 4.69) is 79.7 Å². The monoisotopic (exact) mass is 276 g/mol. The van der Waals surface area contributed by atoms with Crippen LogP contribution in [0.2, 0.25) is 0 Å². The Balaban J connectivity index is 2.73. The predicted molar refractivity (Wildman–Crippen MR) is 88.5 cm³/mol. The predicted octanol–water partition coefficient (Wildman–Crippen LogP) is 2.61. The van der Waals surface area contributed by atoms with Crippen LogP contribution in [0.1, 0.15) is 32.8 Å². The second-order valence-electron chi connectivity index (χ2n) is 5.21. The zero-order valence-electron chi connectivity index (χ0n) is 13.4. The van der Waals surface area contributed by atoms with E-state index in [0.717, 1.165) is 18.9 Å². The third kappa shape index (κ3) is 5.51. The van der Waals surface area contributed by atoms with E-state index in [1.54, 1.807) is 0 Å². The number of hydrogen-bond acceptors (Lipinski definition) is 2. The van der Waals surface area contributed by atoms with E-state index in [0.29, 0.717) is 12.6 Å². The molecular weight excluding hydrogens is 248 g/mol. The summed E-state index contributed by atoms with van der Waals surface area (Å²) >= 11 is 0. The zero-order chi connectivity index (χ0) is 15.0. The van der Waals surface area contributed by atoms with Crippen molar-refractivity contribution in [1.82, 2.24) is 10.6 Å². The summed E-state index contributed by atoms with van der Waals surface area (Å²) in [5.41, 5.74) is 2.43. The number of benzene rings is 1. The Kier molecular flexibility index (Phi) is 6.91. The van der Waals surface area contributed by atoms with E-state index in [1.807, 2.05) is 0 Å². The van der Waals surface area contributed by atoms with Gasteiger partial charge in [0.2, 0.25) is 0 Å². The lowest BCUT2D eigenvalue weighted by atomic mass is 10.2. The molecule has 0 fully saturated rings. The van der Waals surface area contributed by atoms with Gasteiger partial charge in [0, 0.05) is 32.4 Å². The van der Waals surface area contributed by atoms with Crippen LogP contribution in [0.15, 0.2) is 29.3 Å². The molecule has 0 saturated carbocycles. The number of rotatable bonds is 6. The van der Waals surface area contributed by atoms with Gasteiger partial charge >= 0.3 is 0 Å². The molecule has 2 N–H and O–H groups in total. The molecule has 0 bridgehead atoms. The van der Waals surface area contributed by atoms with Crippen molar-refractivity contribution in [3.63, 3.8) is 0 Å². The SMILES string of the molecule is CCNC(=NCc1cccc(N(C)C)c1)NC(C)CC. The van der Waals surface area contributed by atoms with Gasteiger partial charge in [0.1, 0.15) is 0 Å². The summed E-state index contributed by atoms with van der Waals surface area (Å²) in [6.07, 6.45) is 1.08. The van der Waals surface area contributed by atoms with Crippen LogP contribution in [0.4, 0.5) is 5.69 Å². The van der Waals surface area contributed by atoms with Crippen LogP contribution in [-0.4, -0.2) is 32.6 Å². The minimum absolute atomic E-state index is 0.431. The van der Waals surface area contributed by atoms with Crippen molar-refractivity contribution in [2.24, 2.45) is 4.99 Å². The normalized spacial score (nSPS) is 12.9. The van der Waals surface area contributed by atoms with Crippen LogP contribution in [0.25, 0.3) is 0 Å². The van der Waals surface area contributed by atoms with Crippen LogP contribution >= 0.6 is 0 Å². The molecule has 1 unspecified atom stereocenters. The third-order valence-electron chi connectivity index (χ3n) is 3.19. The third-order valence-corrected chi connectivity index (χ3v) is 3.19. The largest absolute Gasteiger partial charge is 0.378 e. The molecule has 1 aromatic carbocycles. The summed E-state index contributed by atoms with van der Waals surface area (Å²) in [4.78, 5) is 6.75. The van der Waals surface area contributed by atoms with Crippen molar-refractivity contribution in [3.05, 3.63) is 29.8 Å². The molecule has 0 amide bonds. The molecule has 0 saturated heterocycles. The maximum absolute atomic E-state index is 4.65. The van der Waals surface area contributed by atoms with Crippen molar-refractivity contribution >= 4 is 11.6 Å². The van der Waals surface area contributed by atoms with Gasteiger partial charge in [-0.05, 0) is 38.0 Å². The number of nitrogens with one attached hydrogen (secondary N) is 2. The van der Waals surface area contributed by atoms with E-state index in [-0.39, 0.29) is 0 Å². The first-order valence-electron chi connectivity index (χ1n) is 7.37. The molecule has 4 nitrogen and oxygen atoms in total. The molecule has 0 aromatic heterocycles. The van der Waals surface area contributed by atoms with Crippen molar-refractivity contribution in [3.8, 4) is 0 Å². The summed E-state index contributed by atoms with van der Waals surface area (Å²) in [5, 5.41) is 6.69. The quantitative estimate of drug-likeness (QED) is 0.620. The van der Waals surface area contributed by atoms with E-state index < -0.39 is 0 Å². The fourth-order valence-electron chi connectivity index (χ4n) is 1.76. The molecule has 0 spiro atoms. The lowest BCUT2D eigenvalue weighted by Gasteiger charge is -2.16. The highest BCUT2D eigenvalue weighted by Crippen LogP contribution is 2.13. The lowest BCUT2D eigenvalue weighted by molar-refractivity contribution is 0.624. The van der Waals surface area contributed by atoms with E-state index in [4.69, 9.17) is 0 Å². The van der Waals surface area contributed by atoms with Crippen LogP contribution in [0.3, 0.4) is 0 Å². The first kappa shape index (κ1) is 16.3. The van der Waals surface area contributed by atoms with Crippen molar-refractivity contribution in [1.29, 1.82) is 0 Å². The minimum Gasteiger partial charge on any atom is -0.378 e. The number of guanidine groups is 1. The van der Waals surface area contributed by atoms with Crippen molar-refractivity contribution in [2.45, 2.75) is 39.8 Å². The van der Waals surface area contributed by atoms with Gasteiger partial charge in [0.05, 0.1) is 6.54 Å². The Morgan fingerprint density at radius 3 is 2.65 bits per heavy atom. The van der Waals surface area contributed by atoms with Gasteiger partial charge in [-0.25, -0.2) is 4.99 Å². The van der Waals surface area contributed by atoms with E-state index in [9.17, 15) is 0 Å². The Labute approximate surface area is 123 Å². The van der Waals surface area contributed by atoms with Crippen LogP contribution in [0.5, 0.6) is 0 Å². The molecule has 0 aliphatic carbocycles. The fraction of sp³-hybridized carbons (Fsp3) is 0.562. The molecule has 0 aliphatic heterocycles.